The number of benzene rings is 3. The summed E-state index contributed by atoms with van der Waals surface area (Å²) in [6, 6.07) is 0. The maximum absolute atomic E-state index is 11.9. The molecule has 0 unspecified atom stereocenters. The lowest BCUT2D eigenvalue weighted by molar-refractivity contribution is 0.109. The van der Waals surface area contributed by atoms with Crippen molar-refractivity contribution >= 4 is 12.6 Å². The highest BCUT2D eigenvalue weighted by Crippen LogP contribution is 2.43. The number of carbonyl (C=O) groups excluding carboxylic acids is 2. The highest BCUT2D eigenvalue weighted by molar-refractivity contribution is 5.94. The van der Waals surface area contributed by atoms with Crippen molar-refractivity contribution in [3.63, 3.8) is 0 Å². The number of fused-ring (bicyclic) bond motifs is 4. The van der Waals surface area contributed by atoms with E-state index in [9.17, 15) is 9.59 Å². The van der Waals surface area contributed by atoms with Crippen LogP contribution in [-0.4, -0.2) is 12.6 Å². The van der Waals surface area contributed by atoms with Gasteiger partial charge in [0, 0.05) is 11.1 Å². The van der Waals surface area contributed by atoms with E-state index in [4.69, 9.17) is 0 Å². The second-order valence-corrected chi connectivity index (χ2v) is 10.6. The van der Waals surface area contributed by atoms with Crippen molar-refractivity contribution < 1.29 is 9.59 Å². The van der Waals surface area contributed by atoms with Gasteiger partial charge in [-0.15, -0.1) is 0 Å². The fraction of sp³-hybridized carbons (Fsp3) is 0.375. The van der Waals surface area contributed by atoms with Crippen LogP contribution in [0, 0.1) is 55.4 Å². The molecule has 2 aliphatic rings. The molecule has 174 valence electrons. The monoisotopic (exact) mass is 450 g/mol. The second-order valence-electron chi connectivity index (χ2n) is 10.6. The van der Waals surface area contributed by atoms with Gasteiger partial charge in [0.25, 0.3) is 0 Å². The van der Waals surface area contributed by atoms with Gasteiger partial charge in [0.15, 0.2) is 12.6 Å². The largest absolute Gasteiger partial charge is 0.298 e. The minimum atomic E-state index is 0.563. The van der Waals surface area contributed by atoms with Gasteiger partial charge in [0.1, 0.15) is 0 Å². The molecule has 0 amide bonds. The second kappa shape index (κ2) is 7.77. The Morgan fingerprint density at radius 2 is 0.588 bits per heavy atom. The van der Waals surface area contributed by atoms with Crippen LogP contribution in [0.5, 0.6) is 0 Å². The van der Waals surface area contributed by atoms with Gasteiger partial charge in [-0.05, 0) is 170 Å². The fourth-order valence-corrected chi connectivity index (χ4v) is 6.84. The molecular formula is C32H34O2. The Bertz CT molecular complexity index is 1340. The molecule has 3 aromatic carbocycles. The van der Waals surface area contributed by atoms with E-state index >= 15 is 0 Å². The van der Waals surface area contributed by atoms with E-state index in [1.54, 1.807) is 0 Å². The quantitative estimate of drug-likeness (QED) is 0.278. The lowest BCUT2D eigenvalue weighted by Crippen LogP contribution is -2.22. The molecule has 0 atom stereocenters. The van der Waals surface area contributed by atoms with Crippen molar-refractivity contribution in [1.82, 2.24) is 0 Å². The highest BCUT2D eigenvalue weighted by atomic mass is 16.1. The lowest BCUT2D eigenvalue weighted by Gasteiger charge is -2.34. The fourth-order valence-electron chi connectivity index (χ4n) is 6.84. The molecule has 0 saturated carbocycles. The van der Waals surface area contributed by atoms with Crippen molar-refractivity contribution in [2.75, 3.05) is 0 Å². The highest BCUT2D eigenvalue weighted by Gasteiger charge is 2.31. The molecule has 0 radical (unpaired) electrons. The third-order valence-corrected chi connectivity index (χ3v) is 9.51. The van der Waals surface area contributed by atoms with Gasteiger partial charge in [-0.25, -0.2) is 0 Å². The summed E-state index contributed by atoms with van der Waals surface area (Å²) in [6.45, 7) is 17.7. The molecule has 0 aromatic heterocycles. The number of carbonyl (C=O) groups is 2. The van der Waals surface area contributed by atoms with Gasteiger partial charge in [-0.3, -0.25) is 9.59 Å². The zero-order valence-electron chi connectivity index (χ0n) is 21.8. The van der Waals surface area contributed by atoms with Crippen LogP contribution >= 0.6 is 0 Å². The van der Waals surface area contributed by atoms with Gasteiger partial charge in [-0.1, -0.05) is 0 Å². The molecule has 2 aliphatic carbocycles. The minimum absolute atomic E-state index is 0.563. The normalized spacial score (nSPS) is 13.6. The third kappa shape index (κ3) is 2.87. The van der Waals surface area contributed by atoms with Crippen LogP contribution in [0.2, 0.25) is 0 Å². The molecule has 2 nitrogen and oxygen atoms in total. The van der Waals surface area contributed by atoms with E-state index in [1.165, 1.54) is 77.9 Å². The van der Waals surface area contributed by atoms with Gasteiger partial charge in [-0.2, -0.15) is 0 Å². The van der Waals surface area contributed by atoms with E-state index in [0.717, 1.165) is 49.4 Å². The first-order valence-corrected chi connectivity index (χ1v) is 12.4. The van der Waals surface area contributed by atoms with Crippen LogP contribution in [0.3, 0.4) is 0 Å². The number of hydrogen-bond donors (Lipinski definition) is 0. The van der Waals surface area contributed by atoms with E-state index in [-0.39, 0.29) is 0 Å². The summed E-state index contributed by atoms with van der Waals surface area (Å²) in [5, 5.41) is 0. The van der Waals surface area contributed by atoms with Crippen LogP contribution in [0.25, 0.3) is 0 Å². The van der Waals surface area contributed by atoms with Crippen LogP contribution < -0.4 is 0 Å². The number of hydrogen-bond acceptors (Lipinski definition) is 2. The first-order chi connectivity index (χ1) is 16.1. The minimum Gasteiger partial charge on any atom is -0.298 e. The maximum atomic E-state index is 11.9. The van der Waals surface area contributed by atoms with E-state index in [1.807, 2.05) is 13.8 Å². The maximum Gasteiger partial charge on any atom is 0.151 e. The van der Waals surface area contributed by atoms with Gasteiger partial charge in [0.2, 0.25) is 0 Å². The Morgan fingerprint density at radius 3 is 0.853 bits per heavy atom. The first kappa shape index (κ1) is 22.8. The Morgan fingerprint density at radius 1 is 0.353 bits per heavy atom. The Labute approximate surface area is 203 Å². The van der Waals surface area contributed by atoms with Gasteiger partial charge in [0.05, 0.1) is 0 Å². The summed E-state index contributed by atoms with van der Waals surface area (Å²) in [5.74, 6) is 0. The summed E-state index contributed by atoms with van der Waals surface area (Å²) >= 11 is 0. The van der Waals surface area contributed by atoms with E-state index in [0.29, 0.717) is 11.1 Å². The average Bonchev–Trinajstić information content (AvgIpc) is 2.85. The van der Waals surface area contributed by atoms with Gasteiger partial charge >= 0.3 is 0 Å². The molecule has 0 aliphatic heterocycles. The summed E-state index contributed by atoms with van der Waals surface area (Å²) in [6.07, 6.45) is 5.42. The van der Waals surface area contributed by atoms with Crippen LogP contribution in [0.4, 0.5) is 0 Å². The first-order valence-electron chi connectivity index (χ1n) is 12.4. The standard InChI is InChI=1S/C32H34O2/c1-15-16(2)18(4)24-10-26-20(6)28-12-30-22(8)32(14-34)31(13-33)21(7)29(30)11-27(28)19(5)25(26)9-23(24)17(15)3/h13-14H,9-12H2,1-8H3. The molecule has 0 bridgehead atoms. The van der Waals surface area contributed by atoms with Crippen LogP contribution in [-0.2, 0) is 25.7 Å². The summed E-state index contributed by atoms with van der Waals surface area (Å²) in [5.41, 5.74) is 23.1. The molecule has 0 N–H and O–H groups in total. The summed E-state index contributed by atoms with van der Waals surface area (Å²) < 4.78 is 0. The topological polar surface area (TPSA) is 34.1 Å². The predicted molar refractivity (Wildman–Crippen MR) is 139 cm³/mol. The van der Waals surface area contributed by atoms with Crippen LogP contribution in [0.1, 0.15) is 110 Å². The van der Waals surface area contributed by atoms with Crippen molar-refractivity contribution in [2.24, 2.45) is 0 Å². The molecule has 0 fully saturated rings. The Kier molecular flexibility index (Phi) is 5.20. The molecular weight excluding hydrogens is 416 g/mol. The molecule has 3 aromatic rings. The molecule has 0 saturated heterocycles. The average molecular weight is 451 g/mol. The Balaban J connectivity index is 1.73. The molecule has 0 heterocycles. The summed E-state index contributed by atoms with van der Waals surface area (Å²) in [4.78, 5) is 23.7. The van der Waals surface area contributed by atoms with Crippen molar-refractivity contribution in [3.8, 4) is 0 Å². The van der Waals surface area contributed by atoms with Crippen molar-refractivity contribution in [3.05, 3.63) is 100 Å². The zero-order chi connectivity index (χ0) is 24.6. The van der Waals surface area contributed by atoms with E-state index in [2.05, 4.69) is 41.5 Å². The number of rotatable bonds is 2. The van der Waals surface area contributed by atoms with Gasteiger partial charge < -0.3 is 0 Å². The molecule has 0 spiro atoms. The van der Waals surface area contributed by atoms with E-state index < -0.39 is 0 Å². The van der Waals surface area contributed by atoms with Crippen LogP contribution in [0.15, 0.2) is 0 Å². The van der Waals surface area contributed by atoms with Crippen molar-refractivity contribution in [1.29, 1.82) is 0 Å². The molecule has 2 heteroatoms. The zero-order valence-corrected chi connectivity index (χ0v) is 21.8. The Hall–Kier alpha value is -3.00. The smallest absolute Gasteiger partial charge is 0.151 e. The third-order valence-electron chi connectivity index (χ3n) is 9.51. The molecule has 5 rings (SSSR count). The molecule has 34 heavy (non-hydrogen) atoms. The lowest BCUT2D eigenvalue weighted by atomic mass is 9.70. The predicted octanol–water partition coefficient (Wildman–Crippen LogP) is 6.77. The SMILES string of the molecule is Cc1c(C)c(C)c2c(c1C)Cc1c(C)c3c(c(C)c1C2)Cc1c(C)c(C=O)c(C=O)c(C)c1C3. The van der Waals surface area contributed by atoms with Crippen molar-refractivity contribution in [2.45, 2.75) is 81.1 Å². The number of aldehydes is 2. The summed E-state index contributed by atoms with van der Waals surface area (Å²) in [7, 11) is 0.